The molecule has 0 aromatic carbocycles. The number of nitrogens with zero attached hydrogens (tertiary/aromatic N) is 1. The highest BCUT2D eigenvalue weighted by Crippen LogP contribution is 2.22. The number of hydrogen-bond donors (Lipinski definition) is 1. The standard InChI is InChI=1S/C11H20N2O2/c1-11(2,3)15-10(14)13-7-8-4-5-9(12)6-8/h7-9H,4-6,12H2,1-3H3/t8?,9-/m1/s1. The van der Waals surface area contributed by atoms with Crippen LogP contribution < -0.4 is 5.73 Å². The van der Waals surface area contributed by atoms with Crippen molar-refractivity contribution in [2.75, 3.05) is 0 Å². The van der Waals surface area contributed by atoms with Crippen LogP contribution >= 0.6 is 0 Å². The van der Waals surface area contributed by atoms with E-state index in [1.807, 2.05) is 20.8 Å². The summed E-state index contributed by atoms with van der Waals surface area (Å²) in [6.45, 7) is 5.48. The topological polar surface area (TPSA) is 64.7 Å². The maximum Gasteiger partial charge on any atom is 0.433 e. The van der Waals surface area contributed by atoms with E-state index in [2.05, 4.69) is 4.99 Å². The van der Waals surface area contributed by atoms with Gasteiger partial charge in [0.15, 0.2) is 0 Å². The maximum atomic E-state index is 11.2. The van der Waals surface area contributed by atoms with Crippen molar-refractivity contribution in [1.82, 2.24) is 0 Å². The van der Waals surface area contributed by atoms with Crippen molar-refractivity contribution in [3.63, 3.8) is 0 Å². The molecule has 15 heavy (non-hydrogen) atoms. The number of carbonyl (C=O) groups is 1. The van der Waals surface area contributed by atoms with Gasteiger partial charge in [-0.25, -0.2) is 4.79 Å². The molecule has 0 saturated heterocycles. The number of aliphatic imine (C=N–C) groups is 1. The lowest BCUT2D eigenvalue weighted by Crippen LogP contribution is -2.22. The average Bonchev–Trinajstić information content (AvgIpc) is 2.45. The molecular weight excluding hydrogens is 192 g/mol. The van der Waals surface area contributed by atoms with Gasteiger partial charge in [-0.1, -0.05) is 0 Å². The summed E-state index contributed by atoms with van der Waals surface area (Å²) in [5.74, 6) is 0.340. The van der Waals surface area contributed by atoms with Crippen LogP contribution in [0.25, 0.3) is 0 Å². The Kier molecular flexibility index (Phi) is 3.85. The van der Waals surface area contributed by atoms with Gasteiger partial charge < -0.3 is 10.5 Å². The summed E-state index contributed by atoms with van der Waals surface area (Å²) in [5, 5.41) is 0. The van der Waals surface area contributed by atoms with Crippen LogP contribution in [0.5, 0.6) is 0 Å². The largest absolute Gasteiger partial charge is 0.442 e. The first-order valence-electron chi connectivity index (χ1n) is 5.39. The zero-order valence-electron chi connectivity index (χ0n) is 9.69. The molecule has 0 aromatic rings. The fraction of sp³-hybridized carbons (Fsp3) is 0.818. The summed E-state index contributed by atoms with van der Waals surface area (Å²) in [7, 11) is 0. The Bertz CT molecular complexity index is 256. The van der Waals surface area contributed by atoms with E-state index in [4.69, 9.17) is 10.5 Å². The van der Waals surface area contributed by atoms with Crippen LogP contribution in [0.2, 0.25) is 0 Å². The first-order valence-corrected chi connectivity index (χ1v) is 5.39. The summed E-state index contributed by atoms with van der Waals surface area (Å²) in [6, 6.07) is 0.264. The first-order chi connectivity index (χ1) is 6.87. The third-order valence-electron chi connectivity index (χ3n) is 2.30. The second-order valence-corrected chi connectivity index (χ2v) is 5.09. The van der Waals surface area contributed by atoms with Crippen LogP contribution in [0.3, 0.4) is 0 Å². The van der Waals surface area contributed by atoms with Gasteiger partial charge in [0.2, 0.25) is 0 Å². The van der Waals surface area contributed by atoms with E-state index in [1.165, 1.54) is 0 Å². The van der Waals surface area contributed by atoms with E-state index in [1.54, 1.807) is 6.21 Å². The van der Waals surface area contributed by atoms with Crippen LogP contribution in [0.1, 0.15) is 40.0 Å². The Hall–Kier alpha value is -0.900. The van der Waals surface area contributed by atoms with Crippen molar-refractivity contribution in [3.8, 4) is 0 Å². The van der Waals surface area contributed by atoms with Gasteiger partial charge in [0.1, 0.15) is 5.60 Å². The fourth-order valence-electron chi connectivity index (χ4n) is 1.64. The Morgan fingerprint density at radius 1 is 1.47 bits per heavy atom. The predicted molar refractivity (Wildman–Crippen MR) is 60.0 cm³/mol. The third kappa shape index (κ3) is 4.93. The number of carbonyl (C=O) groups excluding carboxylic acids is 1. The smallest absolute Gasteiger partial charge is 0.433 e. The van der Waals surface area contributed by atoms with Crippen molar-refractivity contribution in [3.05, 3.63) is 0 Å². The first kappa shape index (κ1) is 12.2. The lowest BCUT2D eigenvalue weighted by molar-refractivity contribution is 0.0604. The van der Waals surface area contributed by atoms with Gasteiger partial charge in [0, 0.05) is 12.3 Å². The van der Waals surface area contributed by atoms with Gasteiger partial charge in [0.25, 0.3) is 0 Å². The average molecular weight is 212 g/mol. The molecule has 4 heteroatoms. The molecule has 0 spiro atoms. The number of ether oxygens (including phenoxy) is 1. The molecule has 0 heterocycles. The summed E-state index contributed by atoms with van der Waals surface area (Å²) < 4.78 is 5.06. The third-order valence-corrected chi connectivity index (χ3v) is 2.30. The van der Waals surface area contributed by atoms with Crippen LogP contribution in [0.15, 0.2) is 4.99 Å². The lowest BCUT2D eigenvalue weighted by atomic mass is 10.1. The molecule has 1 saturated carbocycles. The summed E-state index contributed by atoms with van der Waals surface area (Å²) in [5.41, 5.74) is 5.28. The Balaban J connectivity index is 2.34. The maximum absolute atomic E-state index is 11.2. The van der Waals surface area contributed by atoms with Crippen LogP contribution in [-0.4, -0.2) is 24.0 Å². The molecule has 2 N–H and O–H groups in total. The quantitative estimate of drug-likeness (QED) is 0.677. The van der Waals surface area contributed by atoms with E-state index in [9.17, 15) is 4.79 Å². The van der Waals surface area contributed by atoms with Crippen molar-refractivity contribution in [2.24, 2.45) is 16.6 Å². The second kappa shape index (κ2) is 4.75. The van der Waals surface area contributed by atoms with E-state index in [0.29, 0.717) is 5.92 Å². The highest BCUT2D eigenvalue weighted by atomic mass is 16.6. The van der Waals surface area contributed by atoms with Crippen molar-refractivity contribution in [1.29, 1.82) is 0 Å². The van der Waals surface area contributed by atoms with Gasteiger partial charge in [-0.2, -0.15) is 4.99 Å². The summed E-state index contributed by atoms with van der Waals surface area (Å²) >= 11 is 0. The Morgan fingerprint density at radius 2 is 2.13 bits per heavy atom. The second-order valence-electron chi connectivity index (χ2n) is 5.09. The molecule has 4 nitrogen and oxygen atoms in total. The Morgan fingerprint density at radius 3 is 2.60 bits per heavy atom. The zero-order chi connectivity index (χ0) is 11.5. The van der Waals surface area contributed by atoms with E-state index < -0.39 is 11.7 Å². The van der Waals surface area contributed by atoms with Gasteiger partial charge in [-0.3, -0.25) is 0 Å². The van der Waals surface area contributed by atoms with E-state index in [0.717, 1.165) is 19.3 Å². The molecule has 2 atom stereocenters. The molecular formula is C11H20N2O2. The van der Waals surface area contributed by atoms with Crippen LogP contribution in [-0.2, 0) is 4.74 Å². The van der Waals surface area contributed by atoms with Crippen molar-refractivity contribution < 1.29 is 9.53 Å². The number of rotatable bonds is 1. The molecule has 0 radical (unpaired) electrons. The Labute approximate surface area is 90.9 Å². The molecule has 1 unspecified atom stereocenters. The molecule has 0 aromatic heterocycles. The highest BCUT2D eigenvalue weighted by molar-refractivity contribution is 5.80. The minimum absolute atomic E-state index is 0.264. The molecule has 1 aliphatic carbocycles. The molecule has 0 aliphatic heterocycles. The lowest BCUT2D eigenvalue weighted by Gasteiger charge is -2.17. The number of hydrogen-bond acceptors (Lipinski definition) is 3. The monoisotopic (exact) mass is 212 g/mol. The predicted octanol–water partition coefficient (Wildman–Crippen LogP) is 2.12. The number of nitrogens with two attached hydrogens (primary N) is 1. The molecule has 86 valence electrons. The molecule has 1 rings (SSSR count). The molecule has 1 aliphatic rings. The van der Waals surface area contributed by atoms with E-state index in [-0.39, 0.29) is 6.04 Å². The highest BCUT2D eigenvalue weighted by Gasteiger charge is 2.21. The van der Waals surface area contributed by atoms with Gasteiger partial charge in [-0.15, -0.1) is 0 Å². The van der Waals surface area contributed by atoms with Crippen molar-refractivity contribution in [2.45, 2.75) is 51.7 Å². The van der Waals surface area contributed by atoms with Crippen LogP contribution in [0.4, 0.5) is 4.79 Å². The van der Waals surface area contributed by atoms with Crippen LogP contribution in [0, 0.1) is 5.92 Å². The SMILES string of the molecule is CC(C)(C)OC(=O)N=CC1CC[C@@H](N)C1. The minimum Gasteiger partial charge on any atom is -0.442 e. The molecule has 1 fully saturated rings. The molecule has 0 bridgehead atoms. The van der Waals surface area contributed by atoms with Gasteiger partial charge >= 0.3 is 6.09 Å². The number of amides is 1. The summed E-state index contributed by atoms with van der Waals surface area (Å²) in [6.07, 6.45) is 4.13. The molecule has 1 amide bonds. The van der Waals surface area contributed by atoms with Gasteiger partial charge in [-0.05, 0) is 46.0 Å². The van der Waals surface area contributed by atoms with Gasteiger partial charge in [0.05, 0.1) is 0 Å². The minimum atomic E-state index is -0.511. The zero-order valence-corrected chi connectivity index (χ0v) is 9.69. The van der Waals surface area contributed by atoms with Crippen molar-refractivity contribution >= 4 is 12.3 Å². The normalized spacial score (nSPS) is 27.2. The fourth-order valence-corrected chi connectivity index (χ4v) is 1.64. The summed E-state index contributed by atoms with van der Waals surface area (Å²) in [4.78, 5) is 15.0. The van der Waals surface area contributed by atoms with E-state index >= 15 is 0 Å².